The van der Waals surface area contributed by atoms with E-state index in [2.05, 4.69) is 5.32 Å². The molecule has 0 aliphatic carbocycles. The van der Waals surface area contributed by atoms with Crippen LogP contribution in [-0.2, 0) is 9.47 Å². The third-order valence-electron chi connectivity index (χ3n) is 1.20. The molecule has 0 aromatic heterocycles. The van der Waals surface area contributed by atoms with E-state index in [1.54, 1.807) is 26.5 Å². The highest BCUT2D eigenvalue weighted by molar-refractivity contribution is 5.23. The molecule has 0 spiro atoms. The predicted octanol–water partition coefficient (Wildman–Crippen LogP) is 0.769. The SMILES string of the molecule is CO[C]1C=C(OC)C=CN1. The number of nitrogens with one attached hydrogen (secondary N) is 1. The van der Waals surface area contributed by atoms with Crippen LogP contribution < -0.4 is 5.32 Å². The average molecular weight is 140 g/mol. The van der Waals surface area contributed by atoms with E-state index in [1.165, 1.54) is 0 Å². The first kappa shape index (κ1) is 7.15. The maximum Gasteiger partial charge on any atom is 0.214 e. The Bertz CT molecular complexity index is 163. The summed E-state index contributed by atoms with van der Waals surface area (Å²) in [6, 6.07) is 0. The van der Waals surface area contributed by atoms with Gasteiger partial charge in [-0.1, -0.05) is 0 Å². The van der Waals surface area contributed by atoms with Crippen LogP contribution in [0, 0.1) is 6.23 Å². The van der Waals surface area contributed by atoms with Gasteiger partial charge >= 0.3 is 0 Å². The maximum absolute atomic E-state index is 4.96. The molecule has 55 valence electrons. The summed E-state index contributed by atoms with van der Waals surface area (Å²) in [7, 11) is 3.22. The van der Waals surface area contributed by atoms with Crippen LogP contribution in [0.2, 0.25) is 0 Å². The highest BCUT2D eigenvalue weighted by Gasteiger charge is 2.07. The Morgan fingerprint density at radius 3 is 2.70 bits per heavy atom. The number of ether oxygens (including phenoxy) is 2. The Labute approximate surface area is 60.3 Å². The first-order chi connectivity index (χ1) is 4.86. The fraction of sp³-hybridized carbons (Fsp3) is 0.286. The molecule has 0 aromatic rings. The molecule has 0 unspecified atom stereocenters. The Balaban J connectivity index is 2.56. The Morgan fingerprint density at radius 1 is 1.30 bits per heavy atom. The Hall–Kier alpha value is -0.960. The Kier molecular flexibility index (Phi) is 2.34. The van der Waals surface area contributed by atoms with Crippen molar-refractivity contribution in [1.29, 1.82) is 0 Å². The lowest BCUT2D eigenvalue weighted by molar-refractivity contribution is 0.205. The number of rotatable bonds is 2. The fourth-order valence-corrected chi connectivity index (χ4v) is 0.670. The van der Waals surface area contributed by atoms with Gasteiger partial charge in [-0.3, -0.25) is 0 Å². The summed E-state index contributed by atoms with van der Waals surface area (Å²) in [5.74, 6) is 0.788. The number of dihydropyridines is 1. The van der Waals surface area contributed by atoms with Crippen molar-refractivity contribution in [1.82, 2.24) is 5.32 Å². The van der Waals surface area contributed by atoms with Crippen molar-refractivity contribution in [3.05, 3.63) is 30.3 Å². The zero-order valence-electron chi connectivity index (χ0n) is 6.05. The molecule has 1 aliphatic rings. The lowest BCUT2D eigenvalue weighted by atomic mass is 10.3. The van der Waals surface area contributed by atoms with Crippen molar-refractivity contribution >= 4 is 0 Å². The van der Waals surface area contributed by atoms with Gasteiger partial charge in [0.2, 0.25) is 6.23 Å². The van der Waals surface area contributed by atoms with Crippen molar-refractivity contribution in [3.63, 3.8) is 0 Å². The van der Waals surface area contributed by atoms with Crippen LogP contribution in [0.5, 0.6) is 0 Å². The lowest BCUT2D eigenvalue weighted by Crippen LogP contribution is -2.18. The standard InChI is InChI=1S/C7H10NO2/c1-9-6-3-4-8-7(5-6)10-2/h3-5,8H,1-2H3. The summed E-state index contributed by atoms with van der Waals surface area (Å²) in [6.07, 6.45) is 6.06. The molecular formula is C7H10NO2. The van der Waals surface area contributed by atoms with Crippen molar-refractivity contribution in [2.45, 2.75) is 0 Å². The molecule has 1 aliphatic heterocycles. The average Bonchev–Trinajstić information content (AvgIpc) is 2.05. The normalized spacial score (nSPS) is 18.0. The molecule has 0 aromatic carbocycles. The molecule has 1 N–H and O–H groups in total. The van der Waals surface area contributed by atoms with Gasteiger partial charge in [0.1, 0.15) is 5.76 Å². The van der Waals surface area contributed by atoms with Crippen LogP contribution in [-0.4, -0.2) is 14.2 Å². The third kappa shape index (κ3) is 1.51. The molecule has 3 heteroatoms. The monoisotopic (exact) mass is 140 g/mol. The fourth-order valence-electron chi connectivity index (χ4n) is 0.670. The Morgan fingerprint density at radius 2 is 2.10 bits per heavy atom. The van der Waals surface area contributed by atoms with Gasteiger partial charge in [-0.15, -0.1) is 0 Å². The van der Waals surface area contributed by atoms with Gasteiger partial charge in [-0.05, 0) is 6.08 Å². The molecule has 0 atom stereocenters. The van der Waals surface area contributed by atoms with Crippen LogP contribution in [0.1, 0.15) is 0 Å². The van der Waals surface area contributed by atoms with Gasteiger partial charge in [0, 0.05) is 19.4 Å². The summed E-state index contributed by atoms with van der Waals surface area (Å²) in [6.45, 7) is 0. The molecule has 1 rings (SSSR count). The summed E-state index contributed by atoms with van der Waals surface area (Å²) in [5.41, 5.74) is 0. The van der Waals surface area contributed by atoms with Crippen LogP contribution in [0.25, 0.3) is 0 Å². The molecule has 0 saturated heterocycles. The molecule has 1 radical (unpaired) electrons. The molecule has 3 nitrogen and oxygen atoms in total. The molecule has 0 bridgehead atoms. The minimum Gasteiger partial charge on any atom is -0.497 e. The first-order valence-corrected chi connectivity index (χ1v) is 2.96. The van der Waals surface area contributed by atoms with Gasteiger partial charge in [-0.25, -0.2) is 0 Å². The van der Waals surface area contributed by atoms with E-state index in [9.17, 15) is 0 Å². The van der Waals surface area contributed by atoms with Crippen molar-refractivity contribution < 1.29 is 9.47 Å². The van der Waals surface area contributed by atoms with Crippen LogP contribution in [0.3, 0.4) is 0 Å². The molecule has 0 fully saturated rings. The number of hydrogen-bond donors (Lipinski definition) is 1. The van der Waals surface area contributed by atoms with E-state index in [-0.39, 0.29) is 0 Å². The second-order valence-electron chi connectivity index (χ2n) is 1.80. The summed E-state index contributed by atoms with van der Waals surface area (Å²) < 4.78 is 9.88. The zero-order valence-corrected chi connectivity index (χ0v) is 6.05. The maximum atomic E-state index is 4.96. The van der Waals surface area contributed by atoms with Crippen molar-refractivity contribution in [2.24, 2.45) is 0 Å². The molecule has 0 amide bonds. The first-order valence-electron chi connectivity index (χ1n) is 2.96. The van der Waals surface area contributed by atoms with Gasteiger partial charge in [0.05, 0.1) is 7.11 Å². The molecule has 0 saturated carbocycles. The molecular weight excluding hydrogens is 130 g/mol. The van der Waals surface area contributed by atoms with E-state index in [1.807, 2.05) is 6.08 Å². The van der Waals surface area contributed by atoms with Gasteiger partial charge < -0.3 is 14.8 Å². The number of allylic oxidation sites excluding steroid dienone is 1. The van der Waals surface area contributed by atoms with Crippen molar-refractivity contribution in [3.8, 4) is 0 Å². The summed E-state index contributed by atoms with van der Waals surface area (Å²) >= 11 is 0. The van der Waals surface area contributed by atoms with Crippen LogP contribution in [0.4, 0.5) is 0 Å². The summed E-state index contributed by atoms with van der Waals surface area (Å²) in [5, 5.41) is 2.89. The smallest absolute Gasteiger partial charge is 0.214 e. The quantitative estimate of drug-likeness (QED) is 0.614. The number of hydrogen-bond acceptors (Lipinski definition) is 3. The van der Waals surface area contributed by atoms with E-state index in [4.69, 9.17) is 9.47 Å². The highest BCUT2D eigenvalue weighted by Crippen LogP contribution is 2.09. The molecule has 1 heterocycles. The number of methoxy groups -OCH3 is 2. The van der Waals surface area contributed by atoms with Gasteiger partial charge in [0.15, 0.2) is 0 Å². The second kappa shape index (κ2) is 3.27. The van der Waals surface area contributed by atoms with E-state index >= 15 is 0 Å². The van der Waals surface area contributed by atoms with Crippen molar-refractivity contribution in [2.75, 3.05) is 14.2 Å². The minimum atomic E-state index is 0.694. The molecule has 10 heavy (non-hydrogen) atoms. The van der Waals surface area contributed by atoms with E-state index in [0.717, 1.165) is 5.76 Å². The van der Waals surface area contributed by atoms with E-state index in [0.29, 0.717) is 6.23 Å². The largest absolute Gasteiger partial charge is 0.497 e. The van der Waals surface area contributed by atoms with Crippen LogP contribution >= 0.6 is 0 Å². The third-order valence-corrected chi connectivity index (χ3v) is 1.20. The minimum absolute atomic E-state index is 0.694. The topological polar surface area (TPSA) is 30.5 Å². The van der Waals surface area contributed by atoms with E-state index < -0.39 is 0 Å². The van der Waals surface area contributed by atoms with Gasteiger partial charge in [-0.2, -0.15) is 0 Å². The second-order valence-corrected chi connectivity index (χ2v) is 1.80. The predicted molar refractivity (Wildman–Crippen MR) is 37.6 cm³/mol. The highest BCUT2D eigenvalue weighted by atomic mass is 16.5. The van der Waals surface area contributed by atoms with Crippen LogP contribution in [0.15, 0.2) is 24.1 Å². The lowest BCUT2D eigenvalue weighted by Gasteiger charge is -2.14. The zero-order chi connectivity index (χ0) is 7.40. The van der Waals surface area contributed by atoms with Gasteiger partial charge in [0.25, 0.3) is 0 Å². The summed E-state index contributed by atoms with van der Waals surface area (Å²) in [4.78, 5) is 0.